The maximum atomic E-state index is 13.9. The molecular formula is C21H25FN6O3. The second-order valence-corrected chi connectivity index (χ2v) is 7.99. The molecule has 0 radical (unpaired) electrons. The number of nitrogens with one attached hydrogen (secondary N) is 1. The molecule has 9 nitrogen and oxygen atoms in total. The van der Waals surface area contributed by atoms with Crippen LogP contribution in [0.2, 0.25) is 0 Å². The van der Waals surface area contributed by atoms with E-state index in [0.29, 0.717) is 54.4 Å². The second-order valence-electron chi connectivity index (χ2n) is 7.99. The van der Waals surface area contributed by atoms with Gasteiger partial charge < -0.3 is 25.1 Å². The fourth-order valence-corrected chi connectivity index (χ4v) is 3.61. The van der Waals surface area contributed by atoms with Crippen molar-refractivity contribution >= 4 is 22.9 Å². The summed E-state index contributed by atoms with van der Waals surface area (Å²) in [6.07, 6.45) is -0.0295. The number of benzene rings is 1. The van der Waals surface area contributed by atoms with E-state index in [4.69, 9.17) is 15.2 Å². The molecule has 0 atom stereocenters. The van der Waals surface area contributed by atoms with Crippen molar-refractivity contribution in [1.29, 1.82) is 0 Å². The second kappa shape index (κ2) is 8.37. The largest absolute Gasteiger partial charge is 0.454 e. The van der Waals surface area contributed by atoms with Gasteiger partial charge >= 0.3 is 6.08 Å². The molecule has 0 saturated carbocycles. The lowest BCUT2D eigenvalue weighted by Crippen LogP contribution is -2.28. The molecule has 0 bridgehead atoms. The number of nitrogens with zero attached hydrogens (tertiary/aromatic N) is 4. The molecule has 4 rings (SSSR count). The summed E-state index contributed by atoms with van der Waals surface area (Å²) in [5.74, 6) is 2.23. The average Bonchev–Trinajstić information content (AvgIpc) is 3.26. The summed E-state index contributed by atoms with van der Waals surface area (Å²) in [6.45, 7) is 6.86. The van der Waals surface area contributed by atoms with Gasteiger partial charge in [0, 0.05) is 25.9 Å². The summed E-state index contributed by atoms with van der Waals surface area (Å²) >= 11 is 0. The highest BCUT2D eigenvalue weighted by Crippen LogP contribution is 2.35. The van der Waals surface area contributed by atoms with E-state index in [9.17, 15) is 9.18 Å². The van der Waals surface area contributed by atoms with Crippen molar-refractivity contribution in [3.63, 3.8) is 0 Å². The van der Waals surface area contributed by atoms with Gasteiger partial charge in [0.25, 0.3) is 0 Å². The summed E-state index contributed by atoms with van der Waals surface area (Å²) in [6, 6.07) is 3.84. The lowest BCUT2D eigenvalue weighted by molar-refractivity contribution is -0.121. The molecular weight excluding hydrogens is 403 g/mol. The molecule has 0 unspecified atom stereocenters. The minimum atomic E-state index is -0.916. The summed E-state index contributed by atoms with van der Waals surface area (Å²) in [7, 11) is 0. The summed E-state index contributed by atoms with van der Waals surface area (Å²) in [4.78, 5) is 24.1. The SMILES string of the molecule is Cc1cc2c(cc1Cc1nc3c(N)nc(F)nc3n1CCNC(=O)CC(C)C)OCO2. The summed E-state index contributed by atoms with van der Waals surface area (Å²) in [5, 5.41) is 2.89. The molecule has 1 aliphatic rings. The van der Waals surface area contributed by atoms with Crippen molar-refractivity contribution < 1.29 is 18.7 Å². The molecule has 1 aromatic carbocycles. The summed E-state index contributed by atoms with van der Waals surface area (Å²) < 4.78 is 26.6. The highest BCUT2D eigenvalue weighted by molar-refractivity contribution is 5.82. The Kier molecular flexibility index (Phi) is 5.62. The molecule has 10 heteroatoms. The Balaban J connectivity index is 1.65. The molecule has 3 N–H and O–H groups in total. The van der Waals surface area contributed by atoms with Gasteiger partial charge in [-0.3, -0.25) is 4.79 Å². The highest BCUT2D eigenvalue weighted by atomic mass is 19.1. The quantitative estimate of drug-likeness (QED) is 0.555. The van der Waals surface area contributed by atoms with E-state index in [1.807, 2.05) is 32.9 Å². The molecule has 0 spiro atoms. The minimum absolute atomic E-state index is 0.0197. The van der Waals surface area contributed by atoms with E-state index in [-0.39, 0.29) is 24.4 Å². The average molecular weight is 428 g/mol. The first-order valence-corrected chi connectivity index (χ1v) is 10.2. The Labute approximate surface area is 178 Å². The van der Waals surface area contributed by atoms with E-state index in [0.717, 1.165) is 11.1 Å². The third kappa shape index (κ3) is 4.37. The number of fused-ring (bicyclic) bond motifs is 2. The molecule has 31 heavy (non-hydrogen) atoms. The topological polar surface area (TPSA) is 117 Å². The molecule has 0 fully saturated rings. The Morgan fingerprint density at radius 2 is 2.00 bits per heavy atom. The number of hydrogen-bond donors (Lipinski definition) is 2. The third-order valence-electron chi connectivity index (χ3n) is 5.10. The number of nitrogens with two attached hydrogens (primary N) is 1. The minimum Gasteiger partial charge on any atom is -0.454 e. The number of amides is 1. The van der Waals surface area contributed by atoms with Crippen molar-refractivity contribution in [2.75, 3.05) is 19.1 Å². The van der Waals surface area contributed by atoms with Gasteiger partial charge in [-0.15, -0.1) is 0 Å². The van der Waals surface area contributed by atoms with E-state index >= 15 is 0 Å². The third-order valence-corrected chi connectivity index (χ3v) is 5.10. The van der Waals surface area contributed by atoms with Crippen LogP contribution in [0.3, 0.4) is 0 Å². The van der Waals surface area contributed by atoms with Crippen LogP contribution in [0.1, 0.15) is 37.2 Å². The van der Waals surface area contributed by atoms with Crippen molar-refractivity contribution in [3.05, 3.63) is 35.2 Å². The predicted octanol–water partition coefficient (Wildman–Crippen LogP) is 2.34. The number of ether oxygens (including phenoxy) is 2. The first kappa shape index (κ1) is 20.8. The monoisotopic (exact) mass is 428 g/mol. The predicted molar refractivity (Wildman–Crippen MR) is 112 cm³/mol. The fourth-order valence-electron chi connectivity index (χ4n) is 3.61. The number of hydrogen-bond acceptors (Lipinski definition) is 7. The van der Waals surface area contributed by atoms with Crippen LogP contribution in [-0.2, 0) is 17.8 Å². The number of aromatic nitrogens is 4. The Bertz CT molecular complexity index is 1140. The maximum absolute atomic E-state index is 13.9. The molecule has 164 valence electrons. The van der Waals surface area contributed by atoms with Crippen LogP contribution in [0.4, 0.5) is 10.2 Å². The zero-order valence-electron chi connectivity index (χ0n) is 17.7. The molecule has 1 aliphatic heterocycles. The van der Waals surface area contributed by atoms with E-state index < -0.39 is 6.08 Å². The number of aryl methyl sites for hydroxylation is 1. The molecule has 0 saturated heterocycles. The van der Waals surface area contributed by atoms with E-state index in [1.165, 1.54) is 0 Å². The lowest BCUT2D eigenvalue weighted by atomic mass is 10.0. The molecule has 0 aliphatic carbocycles. The Hall–Kier alpha value is -3.43. The number of carbonyl (C=O) groups excluding carboxylic acids is 1. The van der Waals surface area contributed by atoms with Crippen LogP contribution >= 0.6 is 0 Å². The van der Waals surface area contributed by atoms with Crippen LogP contribution in [0.5, 0.6) is 11.5 Å². The number of anilines is 1. The van der Waals surface area contributed by atoms with Crippen LogP contribution in [0.25, 0.3) is 11.2 Å². The number of imidazole rings is 1. The van der Waals surface area contributed by atoms with Gasteiger partial charge in [0.05, 0.1) is 0 Å². The standard InChI is InChI=1S/C21H25FN6O3/c1-11(2)6-17(29)24-4-5-28-16(25-18-19(23)26-21(22)27-20(18)28)9-13-8-15-14(7-12(13)3)30-10-31-15/h7-8,11H,4-6,9-10H2,1-3H3,(H,24,29)(H2,23,26,27). The van der Waals surface area contributed by atoms with Gasteiger partial charge in [0.1, 0.15) is 5.82 Å². The van der Waals surface area contributed by atoms with Crippen LogP contribution in [-0.4, -0.2) is 38.8 Å². The molecule has 2 aromatic heterocycles. The number of halogens is 1. The van der Waals surface area contributed by atoms with Crippen LogP contribution in [0, 0.1) is 18.9 Å². The van der Waals surface area contributed by atoms with Gasteiger partial charge in [-0.2, -0.15) is 14.4 Å². The number of carbonyl (C=O) groups is 1. The normalized spacial score (nSPS) is 12.7. The number of rotatable bonds is 7. The van der Waals surface area contributed by atoms with Gasteiger partial charge in [-0.1, -0.05) is 13.8 Å². The number of nitrogen functional groups attached to an aromatic ring is 1. The van der Waals surface area contributed by atoms with Crippen molar-refractivity contribution in [2.45, 2.75) is 40.2 Å². The van der Waals surface area contributed by atoms with E-state index in [1.54, 1.807) is 4.57 Å². The fraction of sp³-hybridized carbons (Fsp3) is 0.429. The first-order valence-electron chi connectivity index (χ1n) is 10.2. The Morgan fingerprint density at radius 3 is 2.74 bits per heavy atom. The maximum Gasteiger partial charge on any atom is 0.312 e. The Morgan fingerprint density at radius 1 is 1.26 bits per heavy atom. The van der Waals surface area contributed by atoms with Crippen molar-refractivity contribution in [3.8, 4) is 11.5 Å². The van der Waals surface area contributed by atoms with Gasteiger partial charge in [-0.25, -0.2) is 4.98 Å². The van der Waals surface area contributed by atoms with Gasteiger partial charge in [-0.05, 0) is 36.1 Å². The van der Waals surface area contributed by atoms with Crippen LogP contribution < -0.4 is 20.5 Å². The lowest BCUT2D eigenvalue weighted by Gasteiger charge is -2.12. The molecule has 3 aromatic rings. The van der Waals surface area contributed by atoms with Gasteiger partial charge in [0.15, 0.2) is 28.5 Å². The first-order chi connectivity index (χ1) is 14.8. The van der Waals surface area contributed by atoms with Gasteiger partial charge in [0.2, 0.25) is 12.7 Å². The zero-order chi connectivity index (χ0) is 22.1. The van der Waals surface area contributed by atoms with Crippen molar-refractivity contribution in [1.82, 2.24) is 24.8 Å². The van der Waals surface area contributed by atoms with E-state index in [2.05, 4.69) is 20.3 Å². The molecule has 3 heterocycles. The smallest absolute Gasteiger partial charge is 0.312 e. The summed E-state index contributed by atoms with van der Waals surface area (Å²) in [5.41, 5.74) is 8.53. The molecule has 1 amide bonds. The zero-order valence-corrected chi connectivity index (χ0v) is 17.7. The highest BCUT2D eigenvalue weighted by Gasteiger charge is 2.20. The van der Waals surface area contributed by atoms with Crippen molar-refractivity contribution in [2.24, 2.45) is 5.92 Å². The van der Waals surface area contributed by atoms with Crippen LogP contribution in [0.15, 0.2) is 12.1 Å².